The molecule has 0 fully saturated rings. The number of thiazole rings is 1. The molecule has 0 saturated heterocycles. The first-order chi connectivity index (χ1) is 6.79. The van der Waals surface area contributed by atoms with E-state index in [1.54, 1.807) is 11.3 Å². The number of hydrogen-bond donors (Lipinski definition) is 2. The molecule has 0 bridgehead atoms. The van der Waals surface area contributed by atoms with Gasteiger partial charge < -0.3 is 10.6 Å². The summed E-state index contributed by atoms with van der Waals surface area (Å²) >= 11 is 1.75. The van der Waals surface area contributed by atoms with Gasteiger partial charge in [-0.25, -0.2) is 4.98 Å². The van der Waals surface area contributed by atoms with Gasteiger partial charge in [-0.3, -0.25) is 0 Å². The summed E-state index contributed by atoms with van der Waals surface area (Å²) < 4.78 is 0. The van der Waals surface area contributed by atoms with Crippen LogP contribution in [0.5, 0.6) is 0 Å². The summed E-state index contributed by atoms with van der Waals surface area (Å²) in [6.07, 6.45) is 3.47. The van der Waals surface area contributed by atoms with Crippen LogP contribution < -0.4 is 10.6 Å². The van der Waals surface area contributed by atoms with Crippen LogP contribution >= 0.6 is 11.3 Å². The van der Waals surface area contributed by atoms with Crippen LogP contribution in [0.1, 0.15) is 32.4 Å². The maximum atomic E-state index is 4.58. The number of fused-ring (bicyclic) bond motifs is 1. The Balaban J connectivity index is 2.08. The van der Waals surface area contributed by atoms with Gasteiger partial charge in [0.1, 0.15) is 5.00 Å². The van der Waals surface area contributed by atoms with Gasteiger partial charge in [-0.2, -0.15) is 0 Å². The predicted molar refractivity (Wildman–Crippen MR) is 62.3 cm³/mol. The number of rotatable bonds is 3. The van der Waals surface area contributed by atoms with E-state index >= 15 is 0 Å². The molecule has 1 aromatic heterocycles. The maximum absolute atomic E-state index is 4.58. The van der Waals surface area contributed by atoms with Gasteiger partial charge in [0.15, 0.2) is 5.13 Å². The van der Waals surface area contributed by atoms with Crippen molar-refractivity contribution in [2.45, 2.75) is 39.2 Å². The average Bonchev–Trinajstić information content (AvgIpc) is 2.59. The van der Waals surface area contributed by atoms with E-state index in [0.29, 0.717) is 6.04 Å². The van der Waals surface area contributed by atoms with Crippen molar-refractivity contribution in [3.8, 4) is 0 Å². The zero-order chi connectivity index (χ0) is 9.97. The molecule has 1 aliphatic heterocycles. The van der Waals surface area contributed by atoms with Crippen LogP contribution in [-0.2, 0) is 6.42 Å². The van der Waals surface area contributed by atoms with E-state index in [1.165, 1.54) is 17.1 Å². The first-order valence-electron chi connectivity index (χ1n) is 5.29. The predicted octanol–water partition coefficient (Wildman–Crippen LogP) is 2.71. The number of hydrogen-bond acceptors (Lipinski definition) is 4. The highest BCUT2D eigenvalue weighted by molar-refractivity contribution is 7.19. The molecule has 4 heteroatoms. The maximum Gasteiger partial charge on any atom is 0.185 e. The lowest BCUT2D eigenvalue weighted by Gasteiger charge is -2.10. The second-order valence-corrected chi connectivity index (χ2v) is 4.78. The van der Waals surface area contributed by atoms with Crippen LogP contribution in [0, 0.1) is 0 Å². The third-order valence-corrected chi connectivity index (χ3v) is 3.54. The molecule has 3 nitrogen and oxygen atoms in total. The third kappa shape index (κ3) is 2.00. The Morgan fingerprint density at radius 1 is 1.64 bits per heavy atom. The molecule has 2 rings (SSSR count). The van der Waals surface area contributed by atoms with E-state index in [2.05, 4.69) is 29.5 Å². The fourth-order valence-corrected chi connectivity index (χ4v) is 2.54. The molecule has 0 aromatic carbocycles. The Morgan fingerprint density at radius 3 is 3.21 bits per heavy atom. The second kappa shape index (κ2) is 4.17. The molecule has 0 unspecified atom stereocenters. The van der Waals surface area contributed by atoms with Crippen molar-refractivity contribution in [3.63, 3.8) is 0 Å². The van der Waals surface area contributed by atoms with Crippen LogP contribution in [0.25, 0.3) is 0 Å². The summed E-state index contributed by atoms with van der Waals surface area (Å²) in [5.74, 6) is 0. The van der Waals surface area contributed by atoms with E-state index in [1.807, 2.05) is 0 Å². The minimum absolute atomic E-state index is 0.516. The van der Waals surface area contributed by atoms with Crippen LogP contribution in [0.2, 0.25) is 0 Å². The van der Waals surface area contributed by atoms with Crippen molar-refractivity contribution in [1.29, 1.82) is 0 Å². The Bertz CT molecular complexity index is 285. The van der Waals surface area contributed by atoms with Crippen LogP contribution in [0.3, 0.4) is 0 Å². The van der Waals surface area contributed by atoms with Gasteiger partial charge in [0, 0.05) is 12.6 Å². The van der Waals surface area contributed by atoms with Crippen LogP contribution in [-0.4, -0.2) is 17.6 Å². The lowest BCUT2D eigenvalue weighted by atomic mass is 10.2. The number of nitrogens with one attached hydrogen (secondary N) is 2. The van der Waals surface area contributed by atoms with Crippen molar-refractivity contribution in [2.24, 2.45) is 0 Å². The van der Waals surface area contributed by atoms with E-state index in [-0.39, 0.29) is 0 Å². The molecular formula is C10H17N3S. The average molecular weight is 211 g/mol. The monoisotopic (exact) mass is 211 g/mol. The molecule has 78 valence electrons. The topological polar surface area (TPSA) is 37.0 Å². The van der Waals surface area contributed by atoms with Gasteiger partial charge in [-0.15, -0.1) is 0 Å². The van der Waals surface area contributed by atoms with Gasteiger partial charge in [0.25, 0.3) is 0 Å². The van der Waals surface area contributed by atoms with Gasteiger partial charge in [0.05, 0.1) is 5.69 Å². The molecule has 2 heterocycles. The van der Waals surface area contributed by atoms with Gasteiger partial charge in [-0.05, 0) is 26.2 Å². The molecule has 0 saturated carbocycles. The minimum Gasteiger partial charge on any atom is -0.375 e. The summed E-state index contributed by atoms with van der Waals surface area (Å²) in [4.78, 5) is 4.58. The summed E-state index contributed by atoms with van der Waals surface area (Å²) in [6, 6.07) is 0.516. The Hall–Kier alpha value is -0.770. The standard InChI is InChI=1S/C10H17N3S/c1-3-7(2)12-10-13-8-5-4-6-11-9(8)14-10/h7,11H,3-6H2,1-2H3,(H,12,13)/t7-/m0/s1. The Kier molecular flexibility index (Phi) is 2.91. The molecule has 1 atom stereocenters. The zero-order valence-electron chi connectivity index (χ0n) is 8.76. The summed E-state index contributed by atoms with van der Waals surface area (Å²) in [5.41, 5.74) is 1.24. The SMILES string of the molecule is CC[C@H](C)Nc1nc2c(s1)NCCC2. The van der Waals surface area contributed by atoms with E-state index in [9.17, 15) is 0 Å². The van der Waals surface area contributed by atoms with E-state index in [0.717, 1.165) is 24.5 Å². The van der Waals surface area contributed by atoms with E-state index in [4.69, 9.17) is 0 Å². The zero-order valence-corrected chi connectivity index (χ0v) is 9.58. The van der Waals surface area contributed by atoms with Crippen LogP contribution in [0.4, 0.5) is 10.1 Å². The highest BCUT2D eigenvalue weighted by Crippen LogP contribution is 2.31. The lowest BCUT2D eigenvalue weighted by molar-refractivity contribution is 0.759. The first kappa shape index (κ1) is 9.77. The van der Waals surface area contributed by atoms with Gasteiger partial charge in [-0.1, -0.05) is 18.3 Å². The Labute approximate surface area is 88.9 Å². The second-order valence-electron chi connectivity index (χ2n) is 3.78. The number of anilines is 2. The highest BCUT2D eigenvalue weighted by atomic mass is 32.1. The van der Waals surface area contributed by atoms with Crippen LogP contribution in [0.15, 0.2) is 0 Å². The van der Waals surface area contributed by atoms with Crippen molar-refractivity contribution in [1.82, 2.24) is 4.98 Å². The molecular weight excluding hydrogens is 194 g/mol. The fourth-order valence-electron chi connectivity index (χ4n) is 1.49. The molecule has 2 N–H and O–H groups in total. The number of aryl methyl sites for hydroxylation is 1. The molecule has 0 radical (unpaired) electrons. The molecule has 1 aliphatic rings. The van der Waals surface area contributed by atoms with Crippen molar-refractivity contribution >= 4 is 21.5 Å². The Morgan fingerprint density at radius 2 is 2.50 bits per heavy atom. The third-order valence-electron chi connectivity index (χ3n) is 2.56. The summed E-state index contributed by atoms with van der Waals surface area (Å²) in [7, 11) is 0. The van der Waals surface area contributed by atoms with Crippen molar-refractivity contribution < 1.29 is 0 Å². The van der Waals surface area contributed by atoms with Gasteiger partial charge in [0.2, 0.25) is 0 Å². The van der Waals surface area contributed by atoms with Crippen molar-refractivity contribution in [2.75, 3.05) is 17.2 Å². The highest BCUT2D eigenvalue weighted by Gasteiger charge is 2.14. The number of aromatic nitrogens is 1. The fraction of sp³-hybridized carbons (Fsp3) is 0.700. The quantitative estimate of drug-likeness (QED) is 0.807. The molecule has 1 aromatic rings. The summed E-state index contributed by atoms with van der Waals surface area (Å²) in [5, 5.41) is 9.14. The normalized spacial score (nSPS) is 17.0. The molecule has 14 heavy (non-hydrogen) atoms. The first-order valence-corrected chi connectivity index (χ1v) is 6.11. The minimum atomic E-state index is 0.516. The van der Waals surface area contributed by atoms with E-state index < -0.39 is 0 Å². The molecule has 0 aliphatic carbocycles. The lowest BCUT2D eigenvalue weighted by Crippen LogP contribution is -2.13. The number of nitrogens with zero attached hydrogens (tertiary/aromatic N) is 1. The smallest absolute Gasteiger partial charge is 0.185 e. The van der Waals surface area contributed by atoms with Crippen molar-refractivity contribution in [3.05, 3.63) is 5.69 Å². The van der Waals surface area contributed by atoms with Gasteiger partial charge >= 0.3 is 0 Å². The molecule has 0 spiro atoms. The summed E-state index contributed by atoms with van der Waals surface area (Å²) in [6.45, 7) is 5.47. The largest absolute Gasteiger partial charge is 0.375 e. The molecule has 0 amide bonds.